The number of hydrogen-bond acceptors (Lipinski definition) is 2. The lowest BCUT2D eigenvalue weighted by molar-refractivity contribution is -0.123. The van der Waals surface area contributed by atoms with Gasteiger partial charge in [-0.1, -0.05) is 32.9 Å². The number of aromatic nitrogens is 1. The molecule has 0 unspecified atom stereocenters. The van der Waals surface area contributed by atoms with Gasteiger partial charge < -0.3 is 5.32 Å². The average molecular weight is 254 g/mol. The van der Waals surface area contributed by atoms with Crippen LogP contribution in [-0.2, 0) is 4.79 Å². The van der Waals surface area contributed by atoms with Gasteiger partial charge in [-0.3, -0.25) is 9.78 Å². The molecule has 2 aromatic rings. The first-order valence-corrected chi connectivity index (χ1v) is 6.29. The van der Waals surface area contributed by atoms with Crippen LogP contribution in [0.1, 0.15) is 20.8 Å². The Kier molecular flexibility index (Phi) is 3.65. The molecule has 0 saturated heterocycles. The van der Waals surface area contributed by atoms with Crippen LogP contribution in [0, 0.1) is 5.41 Å². The van der Waals surface area contributed by atoms with E-state index < -0.39 is 0 Å². The number of carbonyl (C=O) groups is 1. The second-order valence-corrected chi connectivity index (χ2v) is 5.52. The third kappa shape index (κ3) is 3.41. The quantitative estimate of drug-likeness (QED) is 0.887. The molecular weight excluding hydrogens is 236 g/mol. The van der Waals surface area contributed by atoms with Gasteiger partial charge in [0, 0.05) is 23.5 Å². The molecule has 0 fully saturated rings. The van der Waals surface area contributed by atoms with Crippen molar-refractivity contribution in [3.8, 4) is 11.1 Å². The van der Waals surface area contributed by atoms with Crippen LogP contribution in [-0.4, -0.2) is 10.9 Å². The monoisotopic (exact) mass is 254 g/mol. The molecule has 0 aliphatic carbocycles. The van der Waals surface area contributed by atoms with E-state index in [0.29, 0.717) is 0 Å². The van der Waals surface area contributed by atoms with E-state index >= 15 is 0 Å². The number of anilines is 1. The summed E-state index contributed by atoms with van der Waals surface area (Å²) in [5.41, 5.74) is 2.65. The molecule has 2 rings (SSSR count). The summed E-state index contributed by atoms with van der Waals surface area (Å²) < 4.78 is 0. The highest BCUT2D eigenvalue weighted by Crippen LogP contribution is 2.22. The van der Waals surface area contributed by atoms with Crippen LogP contribution in [0.3, 0.4) is 0 Å². The van der Waals surface area contributed by atoms with E-state index in [4.69, 9.17) is 0 Å². The van der Waals surface area contributed by atoms with Gasteiger partial charge >= 0.3 is 0 Å². The van der Waals surface area contributed by atoms with Crippen LogP contribution in [0.25, 0.3) is 11.1 Å². The second-order valence-electron chi connectivity index (χ2n) is 5.52. The van der Waals surface area contributed by atoms with Crippen LogP contribution >= 0.6 is 0 Å². The molecule has 19 heavy (non-hydrogen) atoms. The Hall–Kier alpha value is -2.16. The number of nitrogens with zero attached hydrogens (tertiary/aromatic N) is 1. The molecule has 0 bridgehead atoms. The Morgan fingerprint density at radius 3 is 2.00 bits per heavy atom. The van der Waals surface area contributed by atoms with E-state index in [2.05, 4.69) is 10.3 Å². The molecular formula is C16H18N2O. The Labute approximate surface area is 113 Å². The molecule has 0 aliphatic rings. The minimum absolute atomic E-state index is 0.0177. The van der Waals surface area contributed by atoms with Gasteiger partial charge in [0.05, 0.1) is 0 Å². The fourth-order valence-corrected chi connectivity index (χ4v) is 1.61. The Morgan fingerprint density at radius 1 is 0.947 bits per heavy atom. The summed E-state index contributed by atoms with van der Waals surface area (Å²) in [5.74, 6) is 0.0177. The van der Waals surface area contributed by atoms with Gasteiger partial charge in [0.2, 0.25) is 5.91 Å². The van der Waals surface area contributed by atoms with Gasteiger partial charge in [-0.05, 0) is 35.4 Å². The number of hydrogen-bond donors (Lipinski definition) is 1. The van der Waals surface area contributed by atoms with Crippen LogP contribution in [0.2, 0.25) is 0 Å². The molecule has 3 nitrogen and oxygen atoms in total. The van der Waals surface area contributed by atoms with Gasteiger partial charge in [-0.2, -0.15) is 0 Å². The maximum Gasteiger partial charge on any atom is 0.229 e. The van der Waals surface area contributed by atoms with Crippen LogP contribution in [0.4, 0.5) is 5.69 Å². The van der Waals surface area contributed by atoms with Crippen LogP contribution < -0.4 is 5.32 Å². The van der Waals surface area contributed by atoms with Crippen LogP contribution in [0.15, 0.2) is 48.8 Å². The Morgan fingerprint density at radius 2 is 1.47 bits per heavy atom. The molecule has 1 amide bonds. The minimum Gasteiger partial charge on any atom is -0.326 e. The highest BCUT2D eigenvalue weighted by atomic mass is 16.2. The van der Waals surface area contributed by atoms with Crippen molar-refractivity contribution < 1.29 is 4.79 Å². The second kappa shape index (κ2) is 5.22. The van der Waals surface area contributed by atoms with Crippen molar-refractivity contribution >= 4 is 11.6 Å². The molecule has 0 saturated carbocycles. The summed E-state index contributed by atoms with van der Waals surface area (Å²) in [6.07, 6.45) is 3.54. The predicted octanol–water partition coefficient (Wildman–Crippen LogP) is 3.73. The fraction of sp³-hybridized carbons (Fsp3) is 0.250. The average Bonchev–Trinajstić information content (AvgIpc) is 2.39. The first-order chi connectivity index (χ1) is 8.97. The van der Waals surface area contributed by atoms with Crippen molar-refractivity contribution in [2.75, 3.05) is 5.32 Å². The highest BCUT2D eigenvalue weighted by molar-refractivity contribution is 5.94. The van der Waals surface area contributed by atoms with Crippen LogP contribution in [0.5, 0.6) is 0 Å². The van der Waals surface area contributed by atoms with Crippen molar-refractivity contribution in [3.63, 3.8) is 0 Å². The number of pyridine rings is 1. The highest BCUT2D eigenvalue weighted by Gasteiger charge is 2.20. The summed E-state index contributed by atoms with van der Waals surface area (Å²) in [6.45, 7) is 5.69. The normalized spacial score (nSPS) is 11.1. The molecule has 98 valence electrons. The van der Waals surface area contributed by atoms with E-state index in [1.807, 2.05) is 57.2 Å². The summed E-state index contributed by atoms with van der Waals surface area (Å²) in [4.78, 5) is 15.9. The molecule has 0 aliphatic heterocycles. The number of rotatable bonds is 2. The maximum atomic E-state index is 11.9. The third-order valence-corrected chi connectivity index (χ3v) is 2.84. The van der Waals surface area contributed by atoms with E-state index in [1.165, 1.54) is 0 Å². The molecule has 0 radical (unpaired) electrons. The van der Waals surface area contributed by atoms with Crippen molar-refractivity contribution in [2.24, 2.45) is 5.41 Å². The third-order valence-electron chi connectivity index (χ3n) is 2.84. The fourth-order valence-electron chi connectivity index (χ4n) is 1.61. The van der Waals surface area contributed by atoms with Crippen molar-refractivity contribution in [1.82, 2.24) is 4.98 Å². The lowest BCUT2D eigenvalue weighted by Crippen LogP contribution is -2.27. The molecule has 0 spiro atoms. The molecule has 1 aromatic heterocycles. The van der Waals surface area contributed by atoms with Gasteiger partial charge in [0.25, 0.3) is 0 Å². The van der Waals surface area contributed by atoms with E-state index in [-0.39, 0.29) is 11.3 Å². The molecule has 1 N–H and O–H groups in total. The van der Waals surface area contributed by atoms with Gasteiger partial charge in [-0.25, -0.2) is 0 Å². The number of amides is 1. The largest absolute Gasteiger partial charge is 0.326 e. The molecule has 1 aromatic carbocycles. The smallest absolute Gasteiger partial charge is 0.229 e. The first kappa shape index (κ1) is 13.3. The SMILES string of the molecule is CC(C)(C)C(=O)Nc1ccc(-c2ccncc2)cc1. The Balaban J connectivity index is 2.14. The minimum atomic E-state index is -0.385. The standard InChI is InChI=1S/C16H18N2O/c1-16(2,3)15(19)18-14-6-4-12(5-7-14)13-8-10-17-11-9-13/h4-11H,1-3H3,(H,18,19). The van der Waals surface area contributed by atoms with E-state index in [1.54, 1.807) is 12.4 Å². The summed E-state index contributed by atoms with van der Waals surface area (Å²) in [7, 11) is 0. The topological polar surface area (TPSA) is 42.0 Å². The summed E-state index contributed by atoms with van der Waals surface area (Å²) in [6, 6.07) is 11.7. The predicted molar refractivity (Wildman–Crippen MR) is 77.8 cm³/mol. The first-order valence-electron chi connectivity index (χ1n) is 6.29. The lowest BCUT2D eigenvalue weighted by Gasteiger charge is -2.17. The van der Waals surface area contributed by atoms with Gasteiger partial charge in [0.1, 0.15) is 0 Å². The zero-order chi connectivity index (χ0) is 13.9. The van der Waals surface area contributed by atoms with Gasteiger partial charge in [0.15, 0.2) is 0 Å². The molecule has 0 atom stereocenters. The van der Waals surface area contributed by atoms with Crippen molar-refractivity contribution in [1.29, 1.82) is 0 Å². The maximum absolute atomic E-state index is 11.9. The number of carbonyl (C=O) groups excluding carboxylic acids is 1. The molecule has 1 heterocycles. The lowest BCUT2D eigenvalue weighted by atomic mass is 9.95. The zero-order valence-electron chi connectivity index (χ0n) is 11.5. The van der Waals surface area contributed by atoms with E-state index in [0.717, 1.165) is 16.8 Å². The van der Waals surface area contributed by atoms with Crippen molar-refractivity contribution in [3.05, 3.63) is 48.8 Å². The number of benzene rings is 1. The summed E-state index contributed by atoms with van der Waals surface area (Å²) >= 11 is 0. The summed E-state index contributed by atoms with van der Waals surface area (Å²) in [5, 5.41) is 2.91. The van der Waals surface area contributed by atoms with E-state index in [9.17, 15) is 4.79 Å². The van der Waals surface area contributed by atoms with Gasteiger partial charge in [-0.15, -0.1) is 0 Å². The number of nitrogens with one attached hydrogen (secondary N) is 1. The Bertz CT molecular complexity index is 554. The molecule has 3 heteroatoms. The van der Waals surface area contributed by atoms with Crippen molar-refractivity contribution in [2.45, 2.75) is 20.8 Å². The zero-order valence-corrected chi connectivity index (χ0v) is 11.5.